The van der Waals surface area contributed by atoms with Gasteiger partial charge in [-0.2, -0.15) is 0 Å². The standard InChI is InChI=1S/C22H17ClF2N2O5S/c1-31-21-16(23)8-13-9-20(21)33(29,30)27-19-10-15(17(24)11-18(19)25)12-3-2-4-14(7-12)32-6-5-26-22(13)28/h2-4,7-11,27H,5-6H2,1H3,(H,26,28). The molecule has 1 heterocycles. The van der Waals surface area contributed by atoms with E-state index >= 15 is 0 Å². The van der Waals surface area contributed by atoms with Gasteiger partial charge in [-0.15, -0.1) is 0 Å². The largest absolute Gasteiger partial charge is 0.494 e. The third kappa shape index (κ3) is 4.57. The van der Waals surface area contributed by atoms with E-state index in [1.54, 1.807) is 18.2 Å². The molecule has 0 atom stereocenters. The van der Waals surface area contributed by atoms with Crippen LogP contribution >= 0.6 is 11.6 Å². The van der Waals surface area contributed by atoms with Gasteiger partial charge in [-0.1, -0.05) is 23.7 Å². The zero-order chi connectivity index (χ0) is 23.8. The monoisotopic (exact) mass is 494 g/mol. The highest BCUT2D eigenvalue weighted by molar-refractivity contribution is 7.92. The number of fused-ring (bicyclic) bond motifs is 7. The molecule has 0 radical (unpaired) electrons. The van der Waals surface area contributed by atoms with E-state index in [0.717, 1.165) is 12.1 Å². The molecule has 0 saturated heterocycles. The van der Waals surface area contributed by atoms with Crippen LogP contribution in [0.25, 0.3) is 11.1 Å². The Morgan fingerprint density at radius 1 is 1.06 bits per heavy atom. The summed E-state index contributed by atoms with van der Waals surface area (Å²) in [5, 5.41) is 2.46. The predicted molar refractivity (Wildman–Crippen MR) is 118 cm³/mol. The first-order valence-electron chi connectivity index (χ1n) is 9.60. The first-order chi connectivity index (χ1) is 15.7. The third-order valence-electron chi connectivity index (χ3n) is 4.87. The van der Waals surface area contributed by atoms with Gasteiger partial charge in [-0.25, -0.2) is 17.2 Å². The second kappa shape index (κ2) is 8.87. The lowest BCUT2D eigenvalue weighted by atomic mass is 10.0. The number of methoxy groups -OCH3 is 1. The highest BCUT2D eigenvalue weighted by atomic mass is 35.5. The zero-order valence-corrected chi connectivity index (χ0v) is 18.7. The normalized spacial score (nSPS) is 15.1. The number of carbonyl (C=O) groups excluding carboxylic acids is 1. The van der Waals surface area contributed by atoms with Crippen LogP contribution in [0.2, 0.25) is 5.02 Å². The lowest BCUT2D eigenvalue weighted by Gasteiger charge is -2.17. The number of amides is 1. The van der Waals surface area contributed by atoms with Crippen LogP contribution in [0.4, 0.5) is 14.5 Å². The molecule has 11 heteroatoms. The van der Waals surface area contributed by atoms with Crippen molar-refractivity contribution >= 4 is 33.2 Å². The zero-order valence-electron chi connectivity index (χ0n) is 17.1. The Labute approximate surface area is 193 Å². The van der Waals surface area contributed by atoms with Gasteiger partial charge in [0.05, 0.1) is 24.4 Å². The van der Waals surface area contributed by atoms with Gasteiger partial charge in [-0.05, 0) is 35.9 Å². The SMILES string of the molecule is COc1c(Cl)cc2cc1S(=O)(=O)Nc1cc(c(F)cc1F)-c1cccc(c1)OCCNC2=O. The molecule has 0 spiro atoms. The minimum Gasteiger partial charge on any atom is -0.494 e. The fourth-order valence-corrected chi connectivity index (χ4v) is 4.96. The molecular weight excluding hydrogens is 478 g/mol. The molecule has 1 aliphatic heterocycles. The summed E-state index contributed by atoms with van der Waals surface area (Å²) < 4.78 is 68.3. The van der Waals surface area contributed by atoms with Crippen LogP contribution in [0.5, 0.6) is 11.5 Å². The lowest BCUT2D eigenvalue weighted by molar-refractivity contribution is 0.0946. The Morgan fingerprint density at radius 2 is 1.85 bits per heavy atom. The minimum atomic E-state index is -4.50. The van der Waals surface area contributed by atoms with Crippen LogP contribution < -0.4 is 19.5 Å². The van der Waals surface area contributed by atoms with E-state index in [1.807, 2.05) is 0 Å². The van der Waals surface area contributed by atoms with Crippen molar-refractivity contribution in [3.63, 3.8) is 0 Å². The summed E-state index contributed by atoms with van der Waals surface area (Å²) in [6.45, 7) is 0.186. The quantitative estimate of drug-likeness (QED) is 0.528. The average molecular weight is 495 g/mol. The topological polar surface area (TPSA) is 93.7 Å². The molecule has 0 saturated carbocycles. The highest BCUT2D eigenvalue weighted by Gasteiger charge is 2.26. The molecule has 0 unspecified atom stereocenters. The second-order valence-corrected chi connectivity index (χ2v) is 9.10. The molecule has 3 aromatic rings. The van der Waals surface area contributed by atoms with Crippen molar-refractivity contribution in [1.82, 2.24) is 5.32 Å². The molecule has 7 nitrogen and oxygen atoms in total. The Morgan fingerprint density at radius 3 is 2.61 bits per heavy atom. The number of hydrogen-bond donors (Lipinski definition) is 2. The Hall–Kier alpha value is -3.37. The maximum Gasteiger partial charge on any atom is 0.265 e. The molecular formula is C22H17ClF2N2O5S. The number of rotatable bonds is 1. The maximum absolute atomic E-state index is 14.6. The molecule has 1 aliphatic rings. The van der Waals surface area contributed by atoms with Gasteiger partial charge in [0, 0.05) is 17.2 Å². The number of ether oxygens (including phenoxy) is 2. The van der Waals surface area contributed by atoms with Gasteiger partial charge < -0.3 is 14.8 Å². The van der Waals surface area contributed by atoms with Crippen molar-refractivity contribution in [1.29, 1.82) is 0 Å². The van der Waals surface area contributed by atoms with Gasteiger partial charge in [0.1, 0.15) is 28.9 Å². The molecule has 6 bridgehead atoms. The summed E-state index contributed by atoms with van der Waals surface area (Å²) in [5.41, 5.74) is -0.267. The van der Waals surface area contributed by atoms with Gasteiger partial charge in [0.25, 0.3) is 15.9 Å². The first-order valence-corrected chi connectivity index (χ1v) is 11.5. The van der Waals surface area contributed by atoms with Crippen molar-refractivity contribution in [3.05, 3.63) is 70.8 Å². The van der Waals surface area contributed by atoms with Crippen LogP contribution in [0.1, 0.15) is 10.4 Å². The number of sulfonamides is 1. The molecule has 33 heavy (non-hydrogen) atoms. The average Bonchev–Trinajstić information content (AvgIpc) is 2.77. The fraction of sp³-hybridized carbons (Fsp3) is 0.136. The number of benzene rings is 3. The Balaban J connectivity index is 1.93. The summed E-state index contributed by atoms with van der Waals surface area (Å²) in [6.07, 6.45) is 0. The van der Waals surface area contributed by atoms with Crippen molar-refractivity contribution < 1.29 is 31.5 Å². The number of anilines is 1. The molecule has 2 N–H and O–H groups in total. The van der Waals surface area contributed by atoms with E-state index in [9.17, 15) is 22.0 Å². The molecule has 1 amide bonds. The third-order valence-corrected chi connectivity index (χ3v) is 6.52. The maximum atomic E-state index is 14.6. The lowest BCUT2D eigenvalue weighted by Crippen LogP contribution is -2.28. The summed E-state index contributed by atoms with van der Waals surface area (Å²) >= 11 is 6.15. The van der Waals surface area contributed by atoms with E-state index in [-0.39, 0.29) is 35.1 Å². The summed E-state index contributed by atoms with van der Waals surface area (Å²) in [7, 11) is -3.30. The van der Waals surface area contributed by atoms with Crippen LogP contribution in [-0.2, 0) is 10.0 Å². The predicted octanol–water partition coefficient (Wildman–Crippen LogP) is 4.22. The van der Waals surface area contributed by atoms with E-state index in [4.69, 9.17) is 21.1 Å². The molecule has 0 fully saturated rings. The molecule has 3 aromatic carbocycles. The van der Waals surface area contributed by atoms with Gasteiger partial charge in [-0.3, -0.25) is 9.52 Å². The number of nitrogens with one attached hydrogen (secondary N) is 2. The van der Waals surface area contributed by atoms with Gasteiger partial charge >= 0.3 is 0 Å². The summed E-state index contributed by atoms with van der Waals surface area (Å²) in [5.74, 6) is -2.47. The Kier molecular flexibility index (Phi) is 6.13. The number of hydrogen-bond acceptors (Lipinski definition) is 5. The summed E-state index contributed by atoms with van der Waals surface area (Å²) in [6, 6.07) is 10.3. The van der Waals surface area contributed by atoms with E-state index in [0.29, 0.717) is 17.4 Å². The molecule has 0 aromatic heterocycles. The number of carbonyl (C=O) groups is 1. The van der Waals surface area contributed by atoms with Crippen molar-refractivity contribution in [2.75, 3.05) is 25.0 Å². The van der Waals surface area contributed by atoms with Crippen molar-refractivity contribution in [2.24, 2.45) is 0 Å². The Bertz CT molecular complexity index is 1370. The highest BCUT2D eigenvalue weighted by Crippen LogP contribution is 2.36. The number of halogens is 3. The van der Waals surface area contributed by atoms with Gasteiger partial charge in [0.2, 0.25) is 0 Å². The van der Waals surface area contributed by atoms with Crippen LogP contribution in [0.3, 0.4) is 0 Å². The molecule has 172 valence electrons. The minimum absolute atomic E-state index is 0.0429. The van der Waals surface area contributed by atoms with E-state index in [2.05, 4.69) is 10.0 Å². The molecule has 4 rings (SSSR count). The first kappa shape index (κ1) is 22.8. The van der Waals surface area contributed by atoms with E-state index < -0.39 is 38.1 Å². The fourth-order valence-electron chi connectivity index (χ4n) is 3.33. The van der Waals surface area contributed by atoms with Gasteiger partial charge in [0.15, 0.2) is 5.75 Å². The second-order valence-electron chi connectivity index (χ2n) is 7.04. The van der Waals surface area contributed by atoms with Crippen LogP contribution in [-0.4, -0.2) is 34.6 Å². The van der Waals surface area contributed by atoms with Crippen LogP contribution in [0, 0.1) is 11.6 Å². The van der Waals surface area contributed by atoms with E-state index in [1.165, 1.54) is 19.2 Å². The van der Waals surface area contributed by atoms with Crippen molar-refractivity contribution in [2.45, 2.75) is 4.90 Å². The smallest absolute Gasteiger partial charge is 0.265 e. The summed E-state index contributed by atoms with van der Waals surface area (Å²) in [4.78, 5) is 12.1. The van der Waals surface area contributed by atoms with Crippen molar-refractivity contribution in [3.8, 4) is 22.6 Å². The molecule has 0 aliphatic carbocycles. The van der Waals surface area contributed by atoms with Crippen LogP contribution in [0.15, 0.2) is 53.4 Å².